The molecule has 1 atom stereocenters. The predicted molar refractivity (Wildman–Crippen MR) is 85.3 cm³/mol. The molecule has 23 heavy (non-hydrogen) atoms. The van der Waals surface area contributed by atoms with E-state index in [4.69, 9.17) is 4.74 Å². The maximum Gasteiger partial charge on any atom is 0.312 e. The fourth-order valence-electron chi connectivity index (χ4n) is 3.16. The molecule has 1 saturated carbocycles. The normalized spacial score (nSPS) is 18.8. The monoisotopic (exact) mass is 349 g/mol. The van der Waals surface area contributed by atoms with Gasteiger partial charge in [-0.2, -0.15) is 0 Å². The lowest BCUT2D eigenvalue weighted by atomic mass is 9.89. The van der Waals surface area contributed by atoms with E-state index in [1.54, 1.807) is 0 Å². The van der Waals surface area contributed by atoms with Crippen LogP contribution in [-0.4, -0.2) is 44.9 Å². The molecule has 0 radical (unpaired) electrons. The van der Waals surface area contributed by atoms with Crippen molar-refractivity contribution >= 4 is 22.0 Å². The van der Waals surface area contributed by atoms with Crippen molar-refractivity contribution in [1.82, 2.24) is 4.72 Å². The number of carbonyl (C=O) groups is 2. The molecule has 1 aliphatic rings. The predicted octanol–water partition coefficient (Wildman–Crippen LogP) is 1.39. The molecule has 7 nitrogen and oxygen atoms in total. The second-order valence-corrected chi connectivity index (χ2v) is 8.56. The van der Waals surface area contributed by atoms with Gasteiger partial charge in [0.05, 0.1) is 24.2 Å². The van der Waals surface area contributed by atoms with Crippen LogP contribution >= 0.6 is 0 Å². The Hall–Kier alpha value is -1.15. The number of carboxylic acids is 1. The second-order valence-electron chi connectivity index (χ2n) is 6.75. The van der Waals surface area contributed by atoms with E-state index in [-0.39, 0.29) is 18.2 Å². The molecule has 1 rings (SSSR count). The lowest BCUT2D eigenvalue weighted by Gasteiger charge is -2.26. The Labute approximate surface area is 137 Å². The Morgan fingerprint density at radius 2 is 1.83 bits per heavy atom. The van der Waals surface area contributed by atoms with Crippen LogP contribution in [0.4, 0.5) is 0 Å². The molecule has 0 aromatic rings. The van der Waals surface area contributed by atoms with Gasteiger partial charge in [0.25, 0.3) is 0 Å². The van der Waals surface area contributed by atoms with E-state index >= 15 is 0 Å². The van der Waals surface area contributed by atoms with Crippen LogP contribution in [-0.2, 0) is 24.3 Å². The number of carbonyl (C=O) groups excluding carboxylic acids is 1. The largest absolute Gasteiger partial charge is 0.481 e. The lowest BCUT2D eigenvalue weighted by molar-refractivity contribution is -0.151. The van der Waals surface area contributed by atoms with Gasteiger partial charge in [0, 0.05) is 6.54 Å². The zero-order chi connectivity index (χ0) is 17.7. The van der Waals surface area contributed by atoms with E-state index in [1.165, 1.54) is 7.11 Å². The van der Waals surface area contributed by atoms with Crippen LogP contribution in [0.5, 0.6) is 0 Å². The lowest BCUT2D eigenvalue weighted by Crippen LogP contribution is -2.43. The zero-order valence-electron chi connectivity index (χ0n) is 14.0. The van der Waals surface area contributed by atoms with Crippen molar-refractivity contribution in [2.75, 3.05) is 19.4 Å². The summed E-state index contributed by atoms with van der Waals surface area (Å²) in [5.74, 6) is -2.50. The number of rotatable bonds is 9. The average molecular weight is 349 g/mol. The molecule has 0 spiro atoms. The molecular formula is C15H27NO6S. The van der Waals surface area contributed by atoms with E-state index in [0.717, 1.165) is 12.8 Å². The smallest absolute Gasteiger partial charge is 0.312 e. The summed E-state index contributed by atoms with van der Waals surface area (Å²) in [5, 5.41) is 9.17. The summed E-state index contributed by atoms with van der Waals surface area (Å²) in [7, 11) is -2.50. The summed E-state index contributed by atoms with van der Waals surface area (Å²) in [6.45, 7) is 3.61. The van der Waals surface area contributed by atoms with E-state index in [2.05, 4.69) is 4.72 Å². The first-order chi connectivity index (χ1) is 10.6. The molecule has 0 amide bonds. The van der Waals surface area contributed by atoms with Crippen LogP contribution in [0.25, 0.3) is 0 Å². The van der Waals surface area contributed by atoms with Gasteiger partial charge >= 0.3 is 11.9 Å². The van der Waals surface area contributed by atoms with E-state index in [1.807, 2.05) is 13.8 Å². The zero-order valence-corrected chi connectivity index (χ0v) is 14.8. The van der Waals surface area contributed by atoms with Crippen LogP contribution in [0.2, 0.25) is 0 Å². The Balaban J connectivity index is 2.74. The van der Waals surface area contributed by atoms with Gasteiger partial charge in [-0.25, -0.2) is 13.1 Å². The van der Waals surface area contributed by atoms with Crippen LogP contribution in [0.15, 0.2) is 0 Å². The van der Waals surface area contributed by atoms with Crippen LogP contribution in [0.1, 0.15) is 46.0 Å². The quantitative estimate of drug-likeness (QED) is 0.609. The molecule has 2 N–H and O–H groups in total. The molecule has 0 aromatic heterocycles. The van der Waals surface area contributed by atoms with Crippen LogP contribution in [0, 0.1) is 17.3 Å². The number of ether oxygens (including phenoxy) is 1. The topological polar surface area (TPSA) is 110 Å². The number of nitrogens with one attached hydrogen (secondary N) is 1. The molecular weight excluding hydrogens is 322 g/mol. The Bertz CT molecular complexity index is 522. The highest BCUT2D eigenvalue weighted by Gasteiger charge is 2.45. The Kier molecular flexibility index (Phi) is 7.01. The Morgan fingerprint density at radius 1 is 1.26 bits per heavy atom. The Morgan fingerprint density at radius 3 is 2.26 bits per heavy atom. The molecule has 134 valence electrons. The molecule has 0 bridgehead atoms. The number of sulfonamides is 1. The van der Waals surface area contributed by atoms with E-state index < -0.39 is 33.3 Å². The first-order valence-corrected chi connectivity index (χ1v) is 9.55. The maximum atomic E-state index is 12.3. The number of hydrogen-bond donors (Lipinski definition) is 2. The van der Waals surface area contributed by atoms with Gasteiger partial charge in [-0.1, -0.05) is 26.7 Å². The standard InChI is InChI=1S/C15H27NO6S/c1-11(2)8-12(13(17)18)9-16-23(20,21)10-15(14(19)22-3)6-4-5-7-15/h11-12,16H,4-10H2,1-3H3,(H,17,18). The first kappa shape index (κ1) is 19.9. The summed E-state index contributed by atoms with van der Waals surface area (Å²) in [6, 6.07) is 0. The maximum absolute atomic E-state index is 12.3. The minimum atomic E-state index is -3.76. The minimum absolute atomic E-state index is 0.150. The summed E-state index contributed by atoms with van der Waals surface area (Å²) < 4.78 is 31.8. The third-order valence-corrected chi connectivity index (χ3v) is 5.84. The number of hydrogen-bond acceptors (Lipinski definition) is 5. The first-order valence-electron chi connectivity index (χ1n) is 7.90. The van der Waals surface area contributed by atoms with Crippen LogP contribution < -0.4 is 4.72 Å². The van der Waals surface area contributed by atoms with Gasteiger partial charge in [-0.15, -0.1) is 0 Å². The van der Waals surface area contributed by atoms with E-state index in [0.29, 0.717) is 19.3 Å². The number of aliphatic carboxylic acids is 1. The molecule has 0 aliphatic heterocycles. The highest BCUT2D eigenvalue weighted by atomic mass is 32.2. The van der Waals surface area contributed by atoms with Crippen molar-refractivity contribution in [1.29, 1.82) is 0 Å². The van der Waals surface area contributed by atoms with Crippen molar-refractivity contribution in [2.24, 2.45) is 17.3 Å². The molecule has 1 aliphatic carbocycles. The number of methoxy groups -OCH3 is 1. The van der Waals surface area contributed by atoms with Gasteiger partial charge in [0.15, 0.2) is 0 Å². The minimum Gasteiger partial charge on any atom is -0.481 e. The molecule has 0 saturated heterocycles. The number of carboxylic acid groups (broad SMARTS) is 1. The van der Waals surface area contributed by atoms with Gasteiger partial charge in [0.1, 0.15) is 0 Å². The van der Waals surface area contributed by atoms with Crippen molar-refractivity contribution in [3.8, 4) is 0 Å². The fraction of sp³-hybridized carbons (Fsp3) is 0.867. The third kappa shape index (κ3) is 5.76. The fourth-order valence-corrected chi connectivity index (χ4v) is 4.85. The summed E-state index contributed by atoms with van der Waals surface area (Å²) >= 11 is 0. The molecule has 0 heterocycles. The number of esters is 1. The molecule has 1 unspecified atom stereocenters. The van der Waals surface area contributed by atoms with Gasteiger partial charge in [-0.05, 0) is 25.2 Å². The van der Waals surface area contributed by atoms with Crippen molar-refractivity contribution in [3.63, 3.8) is 0 Å². The van der Waals surface area contributed by atoms with Crippen LogP contribution in [0.3, 0.4) is 0 Å². The van der Waals surface area contributed by atoms with Crippen molar-refractivity contribution in [2.45, 2.75) is 46.0 Å². The molecule has 1 fully saturated rings. The van der Waals surface area contributed by atoms with Gasteiger partial charge < -0.3 is 9.84 Å². The molecule has 8 heteroatoms. The highest BCUT2D eigenvalue weighted by Crippen LogP contribution is 2.40. The van der Waals surface area contributed by atoms with Gasteiger partial charge in [-0.3, -0.25) is 9.59 Å². The summed E-state index contributed by atoms with van der Waals surface area (Å²) in [4.78, 5) is 23.2. The highest BCUT2D eigenvalue weighted by molar-refractivity contribution is 7.89. The SMILES string of the molecule is COC(=O)C1(CS(=O)(=O)NCC(CC(C)C)C(=O)O)CCCC1. The molecule has 0 aromatic carbocycles. The van der Waals surface area contributed by atoms with Gasteiger partial charge in [0.2, 0.25) is 10.0 Å². The third-order valence-electron chi connectivity index (χ3n) is 4.30. The summed E-state index contributed by atoms with van der Waals surface area (Å²) in [6.07, 6.45) is 2.93. The van der Waals surface area contributed by atoms with Crippen molar-refractivity contribution < 1.29 is 27.9 Å². The summed E-state index contributed by atoms with van der Waals surface area (Å²) in [5.41, 5.74) is -1.00. The van der Waals surface area contributed by atoms with E-state index in [9.17, 15) is 23.1 Å². The second kappa shape index (κ2) is 8.10. The average Bonchev–Trinajstić information content (AvgIpc) is 2.90. The van der Waals surface area contributed by atoms with Crippen molar-refractivity contribution in [3.05, 3.63) is 0 Å².